The van der Waals surface area contributed by atoms with Gasteiger partial charge in [0.05, 0.1) is 6.54 Å². The van der Waals surface area contributed by atoms with E-state index in [9.17, 15) is 4.79 Å². The molecule has 2 atom stereocenters. The molecule has 0 aliphatic carbocycles. The number of nitrogens with zero attached hydrogens (tertiary/aromatic N) is 1. The molecule has 1 aromatic rings. The first-order valence-electron chi connectivity index (χ1n) is 7.04. The summed E-state index contributed by atoms with van der Waals surface area (Å²) in [7, 11) is 0. The van der Waals surface area contributed by atoms with Crippen LogP contribution in [-0.4, -0.2) is 36.5 Å². The minimum Gasteiger partial charge on any atom is -0.351 e. The largest absolute Gasteiger partial charge is 0.351 e. The number of carbonyl (C=O) groups excluding carboxylic acids is 1. The zero-order chi connectivity index (χ0) is 14.5. The van der Waals surface area contributed by atoms with E-state index in [4.69, 9.17) is 17.3 Å². The van der Waals surface area contributed by atoms with Crippen LogP contribution < -0.4 is 11.1 Å². The van der Waals surface area contributed by atoms with Crippen LogP contribution in [0.15, 0.2) is 24.3 Å². The molecule has 0 radical (unpaired) electrons. The summed E-state index contributed by atoms with van der Waals surface area (Å²) in [4.78, 5) is 14.2. The molecule has 1 heterocycles. The van der Waals surface area contributed by atoms with Gasteiger partial charge in [0.25, 0.3) is 0 Å². The van der Waals surface area contributed by atoms with E-state index in [1.54, 1.807) is 0 Å². The van der Waals surface area contributed by atoms with Gasteiger partial charge in [-0.3, -0.25) is 9.69 Å². The van der Waals surface area contributed by atoms with E-state index < -0.39 is 0 Å². The molecule has 0 aromatic heterocycles. The summed E-state index contributed by atoms with van der Waals surface area (Å²) < 4.78 is 0. The highest BCUT2D eigenvalue weighted by atomic mass is 35.5. The van der Waals surface area contributed by atoms with Crippen LogP contribution in [0.1, 0.15) is 18.9 Å². The summed E-state index contributed by atoms with van der Waals surface area (Å²) in [5.74, 6) is 0.552. The van der Waals surface area contributed by atoms with E-state index in [0.29, 0.717) is 36.6 Å². The van der Waals surface area contributed by atoms with Crippen molar-refractivity contribution >= 4 is 17.5 Å². The molecule has 110 valence electrons. The maximum atomic E-state index is 12.0. The first-order valence-corrected chi connectivity index (χ1v) is 7.42. The summed E-state index contributed by atoms with van der Waals surface area (Å²) in [6.07, 6.45) is 1.08. The van der Waals surface area contributed by atoms with Crippen molar-refractivity contribution in [3.05, 3.63) is 34.9 Å². The second kappa shape index (κ2) is 7.07. The van der Waals surface area contributed by atoms with Crippen LogP contribution in [-0.2, 0) is 11.3 Å². The lowest BCUT2D eigenvalue weighted by Gasteiger charge is -2.20. The number of hydrogen-bond donors (Lipinski definition) is 2. The highest BCUT2D eigenvalue weighted by Crippen LogP contribution is 2.21. The third kappa shape index (κ3) is 3.95. The van der Waals surface area contributed by atoms with Crippen LogP contribution in [0.4, 0.5) is 0 Å². The van der Waals surface area contributed by atoms with Gasteiger partial charge in [-0.1, -0.05) is 29.8 Å². The maximum Gasteiger partial charge on any atom is 0.234 e. The fourth-order valence-corrected chi connectivity index (χ4v) is 2.89. The van der Waals surface area contributed by atoms with Crippen molar-refractivity contribution in [3.63, 3.8) is 0 Å². The van der Waals surface area contributed by atoms with E-state index in [-0.39, 0.29) is 5.91 Å². The summed E-state index contributed by atoms with van der Waals surface area (Å²) >= 11 is 6.06. The smallest absolute Gasteiger partial charge is 0.234 e. The Labute approximate surface area is 125 Å². The average Bonchev–Trinajstić information content (AvgIpc) is 2.78. The number of carbonyl (C=O) groups is 1. The van der Waals surface area contributed by atoms with Crippen molar-refractivity contribution in [2.24, 2.45) is 11.7 Å². The fourth-order valence-electron chi connectivity index (χ4n) is 2.68. The standard InChI is InChI=1S/C15H22ClN3O/c1-11-6-12(7-17)9-19(11)10-15(20)18-8-13-4-2-3-5-14(13)16/h2-5,11-12H,6-10,17H2,1H3,(H,18,20). The van der Waals surface area contributed by atoms with Crippen LogP contribution >= 0.6 is 11.6 Å². The van der Waals surface area contributed by atoms with Gasteiger partial charge in [0.15, 0.2) is 0 Å². The third-order valence-electron chi connectivity index (χ3n) is 3.90. The van der Waals surface area contributed by atoms with Crippen molar-refractivity contribution in [1.82, 2.24) is 10.2 Å². The predicted octanol–water partition coefficient (Wildman–Crippen LogP) is 1.63. The maximum absolute atomic E-state index is 12.0. The molecule has 3 N–H and O–H groups in total. The van der Waals surface area contributed by atoms with Crippen LogP contribution in [0.5, 0.6) is 0 Å². The number of likely N-dealkylation sites (tertiary alicyclic amines) is 1. The summed E-state index contributed by atoms with van der Waals surface area (Å²) in [6.45, 7) is 4.67. The molecule has 20 heavy (non-hydrogen) atoms. The third-order valence-corrected chi connectivity index (χ3v) is 4.27. The van der Waals surface area contributed by atoms with Gasteiger partial charge in [-0.2, -0.15) is 0 Å². The van der Waals surface area contributed by atoms with E-state index >= 15 is 0 Å². The van der Waals surface area contributed by atoms with Gasteiger partial charge < -0.3 is 11.1 Å². The number of hydrogen-bond acceptors (Lipinski definition) is 3. The molecule has 0 saturated carbocycles. The molecule has 0 spiro atoms. The van der Waals surface area contributed by atoms with E-state index in [1.165, 1.54) is 0 Å². The molecule has 4 nitrogen and oxygen atoms in total. The molecule has 0 bridgehead atoms. The summed E-state index contributed by atoms with van der Waals surface area (Å²) in [5.41, 5.74) is 6.64. The van der Waals surface area contributed by atoms with Gasteiger partial charge in [-0.25, -0.2) is 0 Å². The molecule has 1 aliphatic rings. The summed E-state index contributed by atoms with van der Waals surface area (Å²) in [5, 5.41) is 3.61. The van der Waals surface area contributed by atoms with Crippen molar-refractivity contribution in [2.75, 3.05) is 19.6 Å². The summed E-state index contributed by atoms with van der Waals surface area (Å²) in [6, 6.07) is 7.98. The molecule has 2 rings (SSSR count). The topological polar surface area (TPSA) is 58.4 Å². The van der Waals surface area contributed by atoms with Crippen LogP contribution in [0, 0.1) is 5.92 Å². The molecular formula is C15H22ClN3O. The fraction of sp³-hybridized carbons (Fsp3) is 0.533. The second-order valence-electron chi connectivity index (χ2n) is 5.48. The Morgan fingerprint density at radius 3 is 2.90 bits per heavy atom. The Bertz CT molecular complexity index is 466. The highest BCUT2D eigenvalue weighted by Gasteiger charge is 2.29. The monoisotopic (exact) mass is 295 g/mol. The van der Waals surface area contributed by atoms with Gasteiger partial charge in [0.1, 0.15) is 0 Å². The van der Waals surface area contributed by atoms with E-state index in [1.807, 2.05) is 24.3 Å². The molecule has 1 amide bonds. The average molecular weight is 296 g/mol. The van der Waals surface area contributed by atoms with E-state index in [2.05, 4.69) is 17.1 Å². The molecule has 1 saturated heterocycles. The highest BCUT2D eigenvalue weighted by molar-refractivity contribution is 6.31. The first-order chi connectivity index (χ1) is 9.60. The van der Waals surface area contributed by atoms with E-state index in [0.717, 1.165) is 18.5 Å². The second-order valence-corrected chi connectivity index (χ2v) is 5.89. The Balaban J connectivity index is 1.80. The number of rotatable bonds is 5. The SMILES string of the molecule is CC1CC(CN)CN1CC(=O)NCc1ccccc1Cl. The Kier molecular flexibility index (Phi) is 5.40. The van der Waals surface area contributed by atoms with Crippen LogP contribution in [0.25, 0.3) is 0 Å². The molecule has 1 aliphatic heterocycles. The molecule has 1 fully saturated rings. The quantitative estimate of drug-likeness (QED) is 0.868. The Morgan fingerprint density at radius 1 is 1.50 bits per heavy atom. The number of amides is 1. The van der Waals surface area contributed by atoms with Gasteiger partial charge in [-0.05, 0) is 37.4 Å². The minimum atomic E-state index is 0.0365. The molecule has 2 unspecified atom stereocenters. The van der Waals surface area contributed by atoms with Gasteiger partial charge >= 0.3 is 0 Å². The molecule has 5 heteroatoms. The minimum absolute atomic E-state index is 0.0365. The number of benzene rings is 1. The number of nitrogens with one attached hydrogen (secondary N) is 1. The van der Waals surface area contributed by atoms with Gasteiger partial charge in [0, 0.05) is 24.2 Å². The van der Waals surface area contributed by atoms with Crippen LogP contribution in [0.2, 0.25) is 5.02 Å². The lowest BCUT2D eigenvalue weighted by Crippen LogP contribution is -2.39. The zero-order valence-corrected chi connectivity index (χ0v) is 12.6. The van der Waals surface area contributed by atoms with Gasteiger partial charge in [0.2, 0.25) is 5.91 Å². The lowest BCUT2D eigenvalue weighted by molar-refractivity contribution is -0.122. The van der Waals surface area contributed by atoms with Gasteiger partial charge in [-0.15, -0.1) is 0 Å². The number of nitrogens with two attached hydrogens (primary N) is 1. The zero-order valence-electron chi connectivity index (χ0n) is 11.8. The Hall–Kier alpha value is -1.10. The van der Waals surface area contributed by atoms with Crippen molar-refractivity contribution in [3.8, 4) is 0 Å². The lowest BCUT2D eigenvalue weighted by atomic mass is 10.1. The van der Waals surface area contributed by atoms with Crippen molar-refractivity contribution in [2.45, 2.75) is 25.9 Å². The van der Waals surface area contributed by atoms with Crippen LogP contribution in [0.3, 0.4) is 0 Å². The molecule has 1 aromatic carbocycles. The predicted molar refractivity (Wildman–Crippen MR) is 81.5 cm³/mol. The first kappa shape index (κ1) is 15.3. The molecular weight excluding hydrogens is 274 g/mol. The van der Waals surface area contributed by atoms with Crippen molar-refractivity contribution in [1.29, 1.82) is 0 Å². The number of halogens is 1. The van der Waals surface area contributed by atoms with Crippen molar-refractivity contribution < 1.29 is 4.79 Å². The normalized spacial score (nSPS) is 22.9. The Morgan fingerprint density at radius 2 is 2.25 bits per heavy atom.